The van der Waals surface area contributed by atoms with Gasteiger partial charge in [0.1, 0.15) is 0 Å². The van der Waals surface area contributed by atoms with Crippen molar-refractivity contribution in [1.82, 2.24) is 0 Å². The fourth-order valence-corrected chi connectivity index (χ4v) is 2.02. The summed E-state index contributed by atoms with van der Waals surface area (Å²) in [5.74, 6) is 0. The maximum atomic E-state index is 3.39. The summed E-state index contributed by atoms with van der Waals surface area (Å²) in [6.07, 6.45) is 21.9. The molecule has 0 bridgehead atoms. The molecule has 0 aromatic rings. The number of allylic oxidation sites excluding steroid dienone is 3. The maximum Gasteiger partial charge on any atom is 0.00719 e. The lowest BCUT2D eigenvalue weighted by Crippen LogP contribution is -1.78. The highest BCUT2D eigenvalue weighted by Gasteiger charge is 1.88. The molecule has 0 saturated heterocycles. The molecule has 0 aromatic carbocycles. The van der Waals surface area contributed by atoms with Crippen LogP contribution in [-0.2, 0) is 0 Å². The van der Waals surface area contributed by atoms with Gasteiger partial charge in [-0.1, -0.05) is 73.5 Å². The second-order valence-corrected chi connectivity index (χ2v) is 5.46. The summed E-state index contributed by atoms with van der Waals surface area (Å²) in [6.45, 7) is 2.27. The average Bonchev–Trinajstić information content (AvgIpc) is 2.39. The number of unbranched alkanes of at least 4 members (excludes halogenated alkanes) is 7. The second-order valence-electron chi connectivity index (χ2n) is 4.67. The third kappa shape index (κ3) is 15.7. The molecular formula is C17H29Br. The summed E-state index contributed by atoms with van der Waals surface area (Å²) in [6, 6.07) is 0. The van der Waals surface area contributed by atoms with Gasteiger partial charge in [-0.15, -0.1) is 5.73 Å². The van der Waals surface area contributed by atoms with Crippen molar-refractivity contribution in [3.8, 4) is 0 Å². The van der Waals surface area contributed by atoms with Crippen LogP contribution in [0, 0.1) is 0 Å². The molecule has 0 saturated carbocycles. The van der Waals surface area contributed by atoms with Crippen LogP contribution in [0.3, 0.4) is 0 Å². The van der Waals surface area contributed by atoms with Gasteiger partial charge in [-0.3, -0.25) is 0 Å². The van der Waals surface area contributed by atoms with E-state index in [4.69, 9.17) is 0 Å². The van der Waals surface area contributed by atoms with E-state index in [2.05, 4.69) is 52.9 Å². The Labute approximate surface area is 122 Å². The summed E-state index contributed by atoms with van der Waals surface area (Å²) in [7, 11) is 0. The van der Waals surface area contributed by atoms with E-state index < -0.39 is 0 Å². The van der Waals surface area contributed by atoms with Crippen LogP contribution in [0.15, 0.2) is 30.0 Å². The molecule has 0 radical (unpaired) electrons. The van der Waals surface area contributed by atoms with Crippen LogP contribution in [0.2, 0.25) is 0 Å². The molecule has 0 rings (SSSR count). The number of halogens is 1. The monoisotopic (exact) mass is 312 g/mol. The molecule has 0 spiro atoms. The lowest BCUT2D eigenvalue weighted by Gasteiger charge is -1.98. The molecule has 18 heavy (non-hydrogen) atoms. The Morgan fingerprint density at radius 2 is 1.56 bits per heavy atom. The Morgan fingerprint density at radius 1 is 0.833 bits per heavy atom. The first-order chi connectivity index (χ1) is 8.91. The SMILES string of the molecule is CCCCCCCCCC=CCC=C=CCCBr. The Morgan fingerprint density at radius 3 is 2.28 bits per heavy atom. The number of hydrogen-bond acceptors (Lipinski definition) is 0. The molecule has 0 aliphatic rings. The largest absolute Gasteiger partial charge is 0.129 e. The molecule has 0 atom stereocenters. The third-order valence-corrected chi connectivity index (χ3v) is 3.34. The van der Waals surface area contributed by atoms with Gasteiger partial charge in [-0.2, -0.15) is 0 Å². The zero-order valence-corrected chi connectivity index (χ0v) is 13.6. The fraction of sp³-hybridized carbons (Fsp3) is 0.706. The minimum atomic E-state index is 1.02. The van der Waals surface area contributed by atoms with Crippen molar-refractivity contribution in [2.75, 3.05) is 5.33 Å². The maximum absolute atomic E-state index is 3.39. The zero-order chi connectivity index (χ0) is 13.3. The van der Waals surface area contributed by atoms with E-state index in [1.165, 1.54) is 51.4 Å². The summed E-state index contributed by atoms with van der Waals surface area (Å²) >= 11 is 3.39. The zero-order valence-electron chi connectivity index (χ0n) is 12.0. The molecule has 104 valence electrons. The topological polar surface area (TPSA) is 0 Å². The van der Waals surface area contributed by atoms with Crippen LogP contribution in [0.25, 0.3) is 0 Å². The first kappa shape index (κ1) is 17.7. The summed E-state index contributed by atoms with van der Waals surface area (Å²) < 4.78 is 0. The van der Waals surface area contributed by atoms with Crippen molar-refractivity contribution in [1.29, 1.82) is 0 Å². The minimum Gasteiger partial charge on any atom is -0.129 e. The highest BCUT2D eigenvalue weighted by Crippen LogP contribution is 2.08. The Bertz CT molecular complexity index is 234. The van der Waals surface area contributed by atoms with E-state index in [1.807, 2.05) is 0 Å². The first-order valence-corrected chi connectivity index (χ1v) is 8.64. The third-order valence-electron chi connectivity index (χ3n) is 2.88. The van der Waals surface area contributed by atoms with Crippen molar-refractivity contribution in [2.45, 2.75) is 71.1 Å². The van der Waals surface area contributed by atoms with E-state index in [0.717, 1.165) is 18.2 Å². The molecule has 0 heterocycles. The first-order valence-electron chi connectivity index (χ1n) is 7.52. The lowest BCUT2D eigenvalue weighted by atomic mass is 10.1. The van der Waals surface area contributed by atoms with Gasteiger partial charge in [0.15, 0.2) is 0 Å². The summed E-state index contributed by atoms with van der Waals surface area (Å²) in [5, 5.41) is 1.03. The van der Waals surface area contributed by atoms with Crippen LogP contribution in [0.1, 0.15) is 71.1 Å². The van der Waals surface area contributed by atoms with Crippen LogP contribution in [0.4, 0.5) is 0 Å². The molecule has 0 nitrogen and oxygen atoms in total. The second kappa shape index (κ2) is 16.7. The van der Waals surface area contributed by atoms with Gasteiger partial charge in [0.05, 0.1) is 0 Å². The predicted octanol–water partition coefficient (Wildman–Crippen LogP) is 6.57. The molecule has 0 aliphatic heterocycles. The van der Waals surface area contributed by atoms with Crippen molar-refractivity contribution >= 4 is 15.9 Å². The van der Waals surface area contributed by atoms with E-state index in [9.17, 15) is 0 Å². The van der Waals surface area contributed by atoms with Crippen molar-refractivity contribution in [3.05, 3.63) is 30.0 Å². The molecule has 0 fully saturated rings. The van der Waals surface area contributed by atoms with Crippen LogP contribution >= 0.6 is 15.9 Å². The van der Waals surface area contributed by atoms with Crippen molar-refractivity contribution in [2.24, 2.45) is 0 Å². The number of rotatable bonds is 12. The molecule has 0 N–H and O–H groups in total. The van der Waals surface area contributed by atoms with Gasteiger partial charge in [0.25, 0.3) is 0 Å². The number of alkyl halides is 1. The highest BCUT2D eigenvalue weighted by molar-refractivity contribution is 9.09. The van der Waals surface area contributed by atoms with E-state index in [0.29, 0.717) is 0 Å². The molecule has 0 unspecified atom stereocenters. The fourth-order valence-electron chi connectivity index (χ4n) is 1.79. The van der Waals surface area contributed by atoms with Gasteiger partial charge in [-0.25, -0.2) is 0 Å². The quantitative estimate of drug-likeness (QED) is 0.165. The van der Waals surface area contributed by atoms with E-state index in [-0.39, 0.29) is 0 Å². The summed E-state index contributed by atoms with van der Waals surface area (Å²) in [4.78, 5) is 0. The Hall–Kier alpha value is -0.260. The predicted molar refractivity (Wildman–Crippen MR) is 87.4 cm³/mol. The smallest absolute Gasteiger partial charge is 0.00719 e. The van der Waals surface area contributed by atoms with Crippen LogP contribution in [-0.4, -0.2) is 5.33 Å². The molecule has 0 aromatic heterocycles. The van der Waals surface area contributed by atoms with Gasteiger partial charge in [-0.05, 0) is 37.8 Å². The molecule has 0 amide bonds. The van der Waals surface area contributed by atoms with Gasteiger partial charge >= 0.3 is 0 Å². The molecule has 0 aliphatic carbocycles. The standard InChI is InChI=1S/C17H29Br/c1-2-3-4-5-6-7-8-9-10-11-12-13-14-15-16-17-18/h10-11,13,15H,2-9,12,16-17H2,1H3. The molecular weight excluding hydrogens is 284 g/mol. The number of hydrogen-bond donors (Lipinski definition) is 0. The van der Waals surface area contributed by atoms with Gasteiger partial charge in [0.2, 0.25) is 0 Å². The van der Waals surface area contributed by atoms with Crippen LogP contribution in [0.5, 0.6) is 0 Å². The minimum absolute atomic E-state index is 1.02. The molecule has 1 heteroatoms. The highest BCUT2D eigenvalue weighted by atomic mass is 79.9. The van der Waals surface area contributed by atoms with E-state index >= 15 is 0 Å². The Kier molecular flexibility index (Phi) is 16.5. The van der Waals surface area contributed by atoms with Gasteiger partial charge < -0.3 is 0 Å². The lowest BCUT2D eigenvalue weighted by molar-refractivity contribution is 0.592. The van der Waals surface area contributed by atoms with Crippen molar-refractivity contribution < 1.29 is 0 Å². The summed E-state index contributed by atoms with van der Waals surface area (Å²) in [5.41, 5.74) is 3.19. The van der Waals surface area contributed by atoms with Crippen LogP contribution < -0.4 is 0 Å². The Balaban J connectivity index is 3.20. The van der Waals surface area contributed by atoms with E-state index in [1.54, 1.807) is 0 Å². The van der Waals surface area contributed by atoms with Gasteiger partial charge in [0, 0.05) is 5.33 Å². The average molecular weight is 313 g/mol. The normalized spacial score (nSPS) is 10.6. The van der Waals surface area contributed by atoms with Crippen molar-refractivity contribution in [3.63, 3.8) is 0 Å².